The number of fused-ring (bicyclic) bond motifs is 1. The molecule has 13 heteroatoms. The number of nitrogens with zero attached hydrogens (tertiary/aromatic N) is 2. The van der Waals surface area contributed by atoms with E-state index in [9.17, 15) is 35.6 Å². The normalized spacial score (nSPS) is 17.7. The second kappa shape index (κ2) is 9.84. The van der Waals surface area contributed by atoms with Crippen LogP contribution in [-0.4, -0.2) is 53.5 Å². The lowest BCUT2D eigenvalue weighted by atomic mass is 9.94. The Bertz CT molecular complexity index is 1490. The number of carbonyl (C=O) groups excluding carboxylic acids is 1. The number of rotatable bonds is 7. The summed E-state index contributed by atoms with van der Waals surface area (Å²) in [6.45, 7) is -0.209. The van der Waals surface area contributed by atoms with Gasteiger partial charge >= 0.3 is 12.3 Å². The Hall–Kier alpha value is -3.35. The van der Waals surface area contributed by atoms with Crippen LogP contribution in [0, 0.1) is 0 Å². The Morgan fingerprint density at radius 2 is 1.73 bits per heavy atom. The summed E-state index contributed by atoms with van der Waals surface area (Å²) in [6, 6.07) is 7.84. The van der Waals surface area contributed by atoms with Crippen molar-refractivity contribution in [3.05, 3.63) is 58.5 Å². The van der Waals surface area contributed by atoms with Crippen LogP contribution in [0.4, 0.5) is 17.6 Å². The third-order valence-corrected chi connectivity index (χ3v) is 8.21. The fourth-order valence-corrected chi connectivity index (χ4v) is 6.10. The van der Waals surface area contributed by atoms with E-state index in [0.717, 1.165) is 16.1 Å². The number of nitrogens with one attached hydrogen (secondary N) is 1. The number of hydrogen-bond donors (Lipinski definition) is 1. The minimum atomic E-state index is -3.16. The maximum atomic E-state index is 13.7. The molecule has 3 aromatic rings. The first kappa shape index (κ1) is 26.7. The predicted molar refractivity (Wildman–Crippen MR) is 129 cm³/mol. The van der Waals surface area contributed by atoms with Crippen molar-refractivity contribution in [2.24, 2.45) is 0 Å². The molecule has 0 unspecified atom stereocenters. The fraction of sp³-hybridized carbons (Fsp3) is 0.417. The zero-order chi connectivity index (χ0) is 27.1. The molecular formula is C24H25F4N3O5S. The van der Waals surface area contributed by atoms with E-state index in [1.807, 2.05) is 0 Å². The second-order valence-corrected chi connectivity index (χ2v) is 11.6. The molecule has 37 heavy (non-hydrogen) atoms. The van der Waals surface area contributed by atoms with Gasteiger partial charge in [0.1, 0.15) is 15.6 Å². The lowest BCUT2D eigenvalue weighted by Crippen LogP contribution is -2.50. The van der Waals surface area contributed by atoms with Crippen LogP contribution < -0.4 is 15.7 Å². The molecule has 1 aliphatic rings. The molecule has 0 spiro atoms. The van der Waals surface area contributed by atoms with E-state index in [-0.39, 0.29) is 52.4 Å². The van der Waals surface area contributed by atoms with E-state index in [1.165, 1.54) is 42.5 Å². The molecule has 1 atom stereocenters. The van der Waals surface area contributed by atoms with Crippen LogP contribution in [0.3, 0.4) is 0 Å². The number of ether oxygens (including phenoxy) is 1. The molecule has 1 saturated heterocycles. The predicted octanol–water partition coefficient (Wildman–Crippen LogP) is 3.92. The molecule has 1 N–H and O–H groups in total. The highest BCUT2D eigenvalue weighted by Crippen LogP contribution is 2.28. The zero-order valence-corrected chi connectivity index (χ0v) is 20.8. The quantitative estimate of drug-likeness (QED) is 0.456. The lowest BCUT2D eigenvalue weighted by molar-refractivity contribution is -0.0498. The third-order valence-electron chi connectivity index (χ3n) is 6.55. The molecule has 0 bridgehead atoms. The van der Waals surface area contributed by atoms with Gasteiger partial charge in [-0.15, -0.1) is 0 Å². The number of alkyl halides is 4. The largest absolute Gasteiger partial charge is 0.435 e. The van der Waals surface area contributed by atoms with Crippen LogP contribution in [0.1, 0.15) is 43.1 Å². The molecule has 1 aromatic heterocycles. The number of benzene rings is 2. The molecule has 4 rings (SSSR count). The molecule has 8 nitrogen and oxygen atoms in total. The highest BCUT2D eigenvalue weighted by Gasteiger charge is 2.35. The molecule has 2 aromatic carbocycles. The van der Waals surface area contributed by atoms with E-state index in [1.54, 1.807) is 6.92 Å². The van der Waals surface area contributed by atoms with Gasteiger partial charge in [-0.25, -0.2) is 22.0 Å². The van der Waals surface area contributed by atoms with Gasteiger partial charge in [0.15, 0.2) is 0 Å². The Morgan fingerprint density at radius 3 is 2.35 bits per heavy atom. The van der Waals surface area contributed by atoms with Crippen LogP contribution in [0.2, 0.25) is 0 Å². The number of aromatic nitrogens is 2. The third kappa shape index (κ3) is 5.50. The zero-order valence-electron chi connectivity index (χ0n) is 20.0. The van der Waals surface area contributed by atoms with Crippen molar-refractivity contribution in [3.8, 4) is 11.4 Å². The molecule has 0 aliphatic carbocycles. The molecule has 1 amide bonds. The average Bonchev–Trinajstić information content (AvgIpc) is 3.11. The summed E-state index contributed by atoms with van der Waals surface area (Å²) in [4.78, 5) is 26.4. The molecule has 0 saturated carbocycles. The minimum absolute atomic E-state index is 0.0435. The van der Waals surface area contributed by atoms with Crippen molar-refractivity contribution in [3.63, 3.8) is 0 Å². The summed E-state index contributed by atoms with van der Waals surface area (Å²) < 4.78 is 82.7. The van der Waals surface area contributed by atoms with Gasteiger partial charge < -0.3 is 10.1 Å². The number of sulfone groups is 1. The van der Waals surface area contributed by atoms with Crippen LogP contribution in [-0.2, 0) is 9.84 Å². The molecule has 200 valence electrons. The summed E-state index contributed by atoms with van der Waals surface area (Å²) in [5, 5.41) is 2.83. The van der Waals surface area contributed by atoms with E-state index in [0.29, 0.717) is 0 Å². The van der Waals surface area contributed by atoms with Gasteiger partial charge in [0.25, 0.3) is 12.3 Å². The molecule has 1 aliphatic heterocycles. The van der Waals surface area contributed by atoms with E-state index in [2.05, 4.69) is 10.1 Å². The number of imidazole rings is 1. The molecule has 1 fully saturated rings. The van der Waals surface area contributed by atoms with Gasteiger partial charge in [0.2, 0.25) is 0 Å². The first-order valence-corrected chi connectivity index (χ1v) is 13.3. The van der Waals surface area contributed by atoms with Crippen LogP contribution in [0.5, 0.6) is 5.75 Å². The van der Waals surface area contributed by atoms with Crippen LogP contribution in [0.25, 0.3) is 16.7 Å². The molecule has 0 radical (unpaired) electrons. The van der Waals surface area contributed by atoms with E-state index >= 15 is 0 Å². The van der Waals surface area contributed by atoms with Crippen molar-refractivity contribution >= 4 is 26.8 Å². The Labute approximate surface area is 209 Å². The second-order valence-electron chi connectivity index (χ2n) is 9.31. The van der Waals surface area contributed by atoms with Crippen molar-refractivity contribution in [1.29, 1.82) is 0 Å². The van der Waals surface area contributed by atoms with Crippen molar-refractivity contribution in [2.75, 3.05) is 11.5 Å². The minimum Gasteiger partial charge on any atom is -0.435 e. The number of amides is 1. The highest BCUT2D eigenvalue weighted by atomic mass is 32.2. The van der Waals surface area contributed by atoms with Gasteiger partial charge in [-0.3, -0.25) is 13.9 Å². The highest BCUT2D eigenvalue weighted by molar-refractivity contribution is 7.91. The topological polar surface area (TPSA) is 99.4 Å². The number of halogens is 4. The van der Waals surface area contributed by atoms with Gasteiger partial charge in [0, 0.05) is 17.2 Å². The van der Waals surface area contributed by atoms with Gasteiger partial charge in [-0.1, -0.05) is 6.07 Å². The summed E-state index contributed by atoms with van der Waals surface area (Å²) >= 11 is 0. The number of hydrogen-bond acceptors (Lipinski definition) is 5. The molecular weight excluding hydrogens is 518 g/mol. The molecule has 2 heterocycles. The van der Waals surface area contributed by atoms with Gasteiger partial charge in [0.05, 0.1) is 34.3 Å². The lowest BCUT2D eigenvalue weighted by Gasteiger charge is -2.34. The van der Waals surface area contributed by atoms with Crippen LogP contribution >= 0.6 is 0 Å². The maximum absolute atomic E-state index is 13.7. The average molecular weight is 544 g/mol. The van der Waals surface area contributed by atoms with Crippen molar-refractivity contribution in [1.82, 2.24) is 14.5 Å². The summed E-state index contributed by atoms with van der Waals surface area (Å²) in [7, 11) is -3.16. The first-order valence-electron chi connectivity index (χ1n) is 11.4. The fourth-order valence-electron chi connectivity index (χ4n) is 4.37. The summed E-state index contributed by atoms with van der Waals surface area (Å²) in [5.74, 6) is -0.898. The van der Waals surface area contributed by atoms with Crippen molar-refractivity contribution in [2.45, 2.75) is 51.3 Å². The maximum Gasteiger partial charge on any atom is 0.387 e. The van der Waals surface area contributed by atoms with Crippen molar-refractivity contribution < 1.29 is 35.5 Å². The van der Waals surface area contributed by atoms with Crippen LogP contribution in [0.15, 0.2) is 47.3 Å². The Kier molecular flexibility index (Phi) is 7.10. The van der Waals surface area contributed by atoms with E-state index < -0.39 is 46.1 Å². The van der Waals surface area contributed by atoms with Gasteiger partial charge in [-0.2, -0.15) is 8.78 Å². The van der Waals surface area contributed by atoms with Gasteiger partial charge in [-0.05, 0) is 57.0 Å². The first-order chi connectivity index (χ1) is 17.3. The monoisotopic (exact) mass is 543 g/mol. The smallest absolute Gasteiger partial charge is 0.387 e. The number of carbonyl (C=O) groups is 1. The Morgan fingerprint density at radius 1 is 1.05 bits per heavy atom. The standard InChI is InChI=1S/C24H25F4N3O5S/c1-14(20(25)26)30-19-12-15(21(32)29-24(2)8-10-37(34,35)11-9-24)6-7-18(19)31(23(30)33)16-4-3-5-17(13-16)36-22(27)28/h3-7,12-14,20,22H,8-11H2,1-2H3,(H,29,32)/t14-/m0/s1. The SMILES string of the molecule is C[C@@H](C(F)F)n1c(=O)n(-c2cccc(OC(F)F)c2)c2ccc(C(=O)NC3(C)CCS(=O)(=O)CC3)cc21. The summed E-state index contributed by atoms with van der Waals surface area (Å²) in [6.07, 6.45) is -2.46. The summed E-state index contributed by atoms with van der Waals surface area (Å²) in [5.41, 5.74) is -1.20. The Balaban J connectivity index is 1.78. The van der Waals surface area contributed by atoms with E-state index in [4.69, 9.17) is 0 Å².